The molecule has 1 aromatic rings. The molecule has 2 rings (SSSR count). The predicted molar refractivity (Wildman–Crippen MR) is 109 cm³/mol. The quantitative estimate of drug-likeness (QED) is 0.496. The van der Waals surface area contributed by atoms with Gasteiger partial charge in [-0.05, 0) is 44.4 Å². The third kappa shape index (κ3) is 5.46. The fourth-order valence-corrected chi connectivity index (χ4v) is 3.08. The maximum Gasteiger partial charge on any atom is 0.325 e. The Balaban J connectivity index is 1.86. The lowest BCUT2D eigenvalue weighted by Crippen LogP contribution is -2.46. The first kappa shape index (κ1) is 22.2. The van der Waals surface area contributed by atoms with Gasteiger partial charge in [-0.2, -0.15) is 0 Å². The molecule has 0 aliphatic carbocycles. The van der Waals surface area contributed by atoms with Gasteiger partial charge >= 0.3 is 12.1 Å². The molecule has 0 radical (unpaired) electrons. The standard InChI is InChI=1S/C20H29N5O4/c1-5-20(6-2)17(27)25(19(29)24-20)12-16(26)21-11-14-7-9-15(10-8-14)23-18(28)22-13(3)4/h7-10,13H,5-6,11-12H2,1-4H3,(H,21,26)(H,24,29)(H2,22,23,28). The van der Waals surface area contributed by atoms with Gasteiger partial charge in [-0.25, -0.2) is 9.59 Å². The zero-order valence-corrected chi connectivity index (χ0v) is 17.3. The van der Waals surface area contributed by atoms with Crippen LogP contribution in [0.15, 0.2) is 24.3 Å². The molecule has 1 fully saturated rings. The number of hydrogen-bond acceptors (Lipinski definition) is 4. The second-order valence-corrected chi connectivity index (χ2v) is 7.34. The van der Waals surface area contributed by atoms with Gasteiger partial charge in [0.15, 0.2) is 0 Å². The smallest absolute Gasteiger partial charge is 0.325 e. The Hall–Kier alpha value is -3.10. The average molecular weight is 403 g/mol. The van der Waals surface area contributed by atoms with Crippen LogP contribution in [-0.2, 0) is 16.1 Å². The summed E-state index contributed by atoms with van der Waals surface area (Å²) in [4.78, 5) is 49.5. The number of anilines is 1. The van der Waals surface area contributed by atoms with Crippen LogP contribution in [0, 0.1) is 0 Å². The Morgan fingerprint density at radius 1 is 1.10 bits per heavy atom. The van der Waals surface area contributed by atoms with Crippen molar-refractivity contribution in [2.24, 2.45) is 0 Å². The lowest BCUT2D eigenvalue weighted by atomic mass is 9.93. The number of nitrogens with zero attached hydrogens (tertiary/aromatic N) is 1. The highest BCUT2D eigenvalue weighted by atomic mass is 16.2. The molecule has 6 amide bonds. The number of amides is 6. The number of nitrogens with one attached hydrogen (secondary N) is 4. The molecule has 9 nitrogen and oxygen atoms in total. The van der Waals surface area contributed by atoms with Gasteiger partial charge in [0.2, 0.25) is 5.91 Å². The normalized spacial score (nSPS) is 15.3. The number of urea groups is 2. The Morgan fingerprint density at radius 2 is 1.72 bits per heavy atom. The van der Waals surface area contributed by atoms with E-state index < -0.39 is 17.5 Å². The van der Waals surface area contributed by atoms with Gasteiger partial charge in [-0.15, -0.1) is 0 Å². The van der Waals surface area contributed by atoms with Crippen LogP contribution in [0.1, 0.15) is 46.1 Å². The lowest BCUT2D eigenvalue weighted by molar-refractivity contribution is -0.135. The molecular weight excluding hydrogens is 374 g/mol. The number of imide groups is 1. The van der Waals surface area contributed by atoms with E-state index in [1.54, 1.807) is 24.3 Å². The molecule has 1 aliphatic heterocycles. The van der Waals surface area contributed by atoms with E-state index in [9.17, 15) is 19.2 Å². The third-order valence-electron chi connectivity index (χ3n) is 4.88. The van der Waals surface area contributed by atoms with Gasteiger partial charge in [-0.3, -0.25) is 14.5 Å². The zero-order valence-electron chi connectivity index (χ0n) is 17.3. The first-order chi connectivity index (χ1) is 13.7. The Kier molecular flexibility index (Phi) is 7.19. The van der Waals surface area contributed by atoms with E-state index in [4.69, 9.17) is 0 Å². The molecule has 4 N–H and O–H groups in total. The van der Waals surface area contributed by atoms with Crippen molar-refractivity contribution in [1.82, 2.24) is 20.9 Å². The second kappa shape index (κ2) is 9.40. The topological polar surface area (TPSA) is 120 Å². The minimum Gasteiger partial charge on any atom is -0.350 e. The fraction of sp³-hybridized carbons (Fsp3) is 0.500. The van der Waals surface area contributed by atoms with Crippen molar-refractivity contribution in [3.63, 3.8) is 0 Å². The summed E-state index contributed by atoms with van der Waals surface area (Å²) in [7, 11) is 0. The maximum absolute atomic E-state index is 12.5. The van der Waals surface area contributed by atoms with Crippen LogP contribution < -0.4 is 21.3 Å². The number of carbonyl (C=O) groups is 4. The molecule has 0 bridgehead atoms. The summed E-state index contributed by atoms with van der Waals surface area (Å²) in [5.41, 5.74) is 0.539. The third-order valence-corrected chi connectivity index (χ3v) is 4.88. The van der Waals surface area contributed by atoms with E-state index in [2.05, 4.69) is 21.3 Å². The van der Waals surface area contributed by atoms with Crippen molar-refractivity contribution in [3.8, 4) is 0 Å². The van der Waals surface area contributed by atoms with Crippen LogP contribution in [0.4, 0.5) is 15.3 Å². The molecule has 0 unspecified atom stereocenters. The van der Waals surface area contributed by atoms with Crippen molar-refractivity contribution >= 4 is 29.6 Å². The van der Waals surface area contributed by atoms with Gasteiger partial charge in [0, 0.05) is 18.3 Å². The Labute approximate surface area is 170 Å². The van der Waals surface area contributed by atoms with Crippen molar-refractivity contribution in [3.05, 3.63) is 29.8 Å². The first-order valence-electron chi connectivity index (χ1n) is 9.78. The minimum atomic E-state index is -0.915. The highest BCUT2D eigenvalue weighted by Crippen LogP contribution is 2.24. The van der Waals surface area contributed by atoms with Gasteiger partial charge in [0.25, 0.3) is 5.91 Å². The van der Waals surface area contributed by atoms with Crippen molar-refractivity contribution < 1.29 is 19.2 Å². The molecule has 1 saturated heterocycles. The van der Waals surface area contributed by atoms with E-state index in [-0.39, 0.29) is 31.1 Å². The van der Waals surface area contributed by atoms with Crippen molar-refractivity contribution in [2.45, 2.75) is 58.7 Å². The number of hydrogen-bond donors (Lipinski definition) is 4. The Bertz CT molecular complexity index is 772. The molecule has 0 atom stereocenters. The second-order valence-electron chi connectivity index (χ2n) is 7.34. The molecule has 1 aromatic carbocycles. The van der Waals surface area contributed by atoms with Gasteiger partial charge in [0.1, 0.15) is 12.1 Å². The molecule has 29 heavy (non-hydrogen) atoms. The maximum atomic E-state index is 12.5. The molecule has 0 aromatic heterocycles. The van der Waals surface area contributed by atoms with Gasteiger partial charge in [-0.1, -0.05) is 26.0 Å². The van der Waals surface area contributed by atoms with Crippen molar-refractivity contribution in [1.29, 1.82) is 0 Å². The number of benzene rings is 1. The largest absolute Gasteiger partial charge is 0.350 e. The van der Waals surface area contributed by atoms with E-state index in [1.165, 1.54) is 0 Å². The van der Waals surface area contributed by atoms with Crippen LogP contribution >= 0.6 is 0 Å². The van der Waals surface area contributed by atoms with Crippen molar-refractivity contribution in [2.75, 3.05) is 11.9 Å². The summed E-state index contributed by atoms with van der Waals surface area (Å²) < 4.78 is 0. The summed E-state index contributed by atoms with van der Waals surface area (Å²) >= 11 is 0. The summed E-state index contributed by atoms with van der Waals surface area (Å²) in [6.07, 6.45) is 0.948. The van der Waals surface area contributed by atoms with Crippen LogP contribution in [0.2, 0.25) is 0 Å². The summed E-state index contributed by atoms with van der Waals surface area (Å²) in [5.74, 6) is -0.784. The van der Waals surface area contributed by atoms with Gasteiger partial charge in [0.05, 0.1) is 0 Å². The van der Waals surface area contributed by atoms with Crippen LogP contribution in [0.5, 0.6) is 0 Å². The molecule has 9 heteroatoms. The molecule has 1 heterocycles. The SMILES string of the molecule is CCC1(CC)NC(=O)N(CC(=O)NCc2ccc(NC(=O)NC(C)C)cc2)C1=O. The highest BCUT2D eigenvalue weighted by Gasteiger charge is 2.49. The average Bonchev–Trinajstić information content (AvgIpc) is 2.91. The zero-order chi connectivity index (χ0) is 21.6. The van der Waals surface area contributed by atoms with E-state index in [0.717, 1.165) is 10.5 Å². The van der Waals surface area contributed by atoms with E-state index in [1.807, 2.05) is 27.7 Å². The predicted octanol–water partition coefficient (Wildman–Crippen LogP) is 1.94. The van der Waals surface area contributed by atoms with Gasteiger partial charge < -0.3 is 21.3 Å². The Morgan fingerprint density at radius 3 is 2.24 bits per heavy atom. The lowest BCUT2D eigenvalue weighted by Gasteiger charge is -2.23. The fourth-order valence-electron chi connectivity index (χ4n) is 3.08. The van der Waals surface area contributed by atoms with Crippen LogP contribution in [0.3, 0.4) is 0 Å². The highest BCUT2D eigenvalue weighted by molar-refractivity contribution is 6.09. The minimum absolute atomic E-state index is 0.0360. The number of carbonyl (C=O) groups excluding carboxylic acids is 4. The monoisotopic (exact) mass is 403 g/mol. The molecule has 158 valence electrons. The van der Waals surface area contributed by atoms with Crippen LogP contribution in [0.25, 0.3) is 0 Å². The number of rotatable bonds is 8. The molecule has 0 spiro atoms. The first-order valence-corrected chi connectivity index (χ1v) is 9.78. The van der Waals surface area contributed by atoms with E-state index >= 15 is 0 Å². The van der Waals surface area contributed by atoms with E-state index in [0.29, 0.717) is 18.5 Å². The molecule has 0 saturated carbocycles. The summed E-state index contributed by atoms with van der Waals surface area (Å²) in [6, 6.07) is 6.23. The molecule has 1 aliphatic rings. The molecular formula is C20H29N5O4. The summed E-state index contributed by atoms with van der Waals surface area (Å²) in [5, 5.41) is 10.8. The summed E-state index contributed by atoms with van der Waals surface area (Å²) in [6.45, 7) is 7.33. The van der Waals surface area contributed by atoms with Crippen LogP contribution in [-0.4, -0.2) is 46.9 Å².